The van der Waals surface area contributed by atoms with Crippen LogP contribution in [0.25, 0.3) is 0 Å². The van der Waals surface area contributed by atoms with Crippen LogP contribution in [0.15, 0.2) is 65.8 Å². The van der Waals surface area contributed by atoms with Crippen LogP contribution in [-0.4, -0.2) is 23.3 Å². The SMILES string of the molecule is CCOC(=O)C1=NN(Cc2ccccc2)C(c2ccccc2)C1. The largest absolute Gasteiger partial charge is 0.461 e. The Balaban J connectivity index is 1.85. The highest BCUT2D eigenvalue weighted by atomic mass is 16.5. The zero-order chi connectivity index (χ0) is 16.1. The lowest BCUT2D eigenvalue weighted by atomic mass is 10.0. The van der Waals surface area contributed by atoms with Gasteiger partial charge in [0, 0.05) is 6.42 Å². The molecule has 23 heavy (non-hydrogen) atoms. The molecule has 0 fully saturated rings. The van der Waals surface area contributed by atoms with Gasteiger partial charge in [0.25, 0.3) is 0 Å². The molecular formula is C19H20N2O2. The van der Waals surface area contributed by atoms with Crippen LogP contribution in [0.2, 0.25) is 0 Å². The van der Waals surface area contributed by atoms with Crippen molar-refractivity contribution in [1.29, 1.82) is 0 Å². The minimum atomic E-state index is -0.316. The number of carbonyl (C=O) groups is 1. The summed E-state index contributed by atoms with van der Waals surface area (Å²) in [6.45, 7) is 2.85. The smallest absolute Gasteiger partial charge is 0.354 e. The molecule has 0 N–H and O–H groups in total. The van der Waals surface area contributed by atoms with E-state index in [0.717, 1.165) is 5.56 Å². The van der Waals surface area contributed by atoms with Crippen molar-refractivity contribution in [1.82, 2.24) is 5.01 Å². The third kappa shape index (κ3) is 3.59. The van der Waals surface area contributed by atoms with Crippen molar-refractivity contribution < 1.29 is 9.53 Å². The number of benzene rings is 2. The maximum absolute atomic E-state index is 12.0. The van der Waals surface area contributed by atoms with Gasteiger partial charge in [-0.3, -0.25) is 5.01 Å². The fourth-order valence-electron chi connectivity index (χ4n) is 2.77. The molecule has 1 aliphatic rings. The molecule has 1 unspecified atom stereocenters. The van der Waals surface area contributed by atoms with Crippen LogP contribution < -0.4 is 0 Å². The van der Waals surface area contributed by atoms with E-state index in [2.05, 4.69) is 29.4 Å². The highest BCUT2D eigenvalue weighted by Gasteiger charge is 2.31. The summed E-state index contributed by atoms with van der Waals surface area (Å²) in [5.74, 6) is -0.316. The third-order valence-corrected chi connectivity index (χ3v) is 3.88. The Hall–Kier alpha value is -2.62. The van der Waals surface area contributed by atoms with E-state index in [1.807, 2.05) is 48.3 Å². The Kier molecular flexibility index (Phi) is 4.71. The summed E-state index contributed by atoms with van der Waals surface area (Å²) >= 11 is 0. The Morgan fingerprint density at radius 1 is 1.13 bits per heavy atom. The number of carbonyl (C=O) groups excluding carboxylic acids is 1. The average Bonchev–Trinajstić information content (AvgIpc) is 3.01. The topological polar surface area (TPSA) is 41.9 Å². The van der Waals surface area contributed by atoms with Gasteiger partial charge in [0.05, 0.1) is 19.2 Å². The van der Waals surface area contributed by atoms with E-state index >= 15 is 0 Å². The molecule has 0 amide bonds. The van der Waals surface area contributed by atoms with Gasteiger partial charge in [0.2, 0.25) is 0 Å². The van der Waals surface area contributed by atoms with Crippen LogP contribution in [0.1, 0.15) is 30.5 Å². The van der Waals surface area contributed by atoms with Crippen LogP contribution in [0.5, 0.6) is 0 Å². The Morgan fingerprint density at radius 3 is 2.43 bits per heavy atom. The second kappa shape index (κ2) is 7.09. The van der Waals surface area contributed by atoms with E-state index < -0.39 is 0 Å². The minimum Gasteiger partial charge on any atom is -0.461 e. The number of esters is 1. The maximum atomic E-state index is 12.0. The quantitative estimate of drug-likeness (QED) is 0.793. The van der Waals surface area contributed by atoms with Gasteiger partial charge in [-0.05, 0) is 18.1 Å². The number of hydrogen-bond donors (Lipinski definition) is 0. The monoisotopic (exact) mass is 308 g/mol. The first kappa shape index (κ1) is 15.3. The van der Waals surface area contributed by atoms with E-state index in [0.29, 0.717) is 25.3 Å². The summed E-state index contributed by atoms with van der Waals surface area (Å²) in [6.07, 6.45) is 0.579. The summed E-state index contributed by atoms with van der Waals surface area (Å²) < 4.78 is 5.11. The van der Waals surface area contributed by atoms with Crippen LogP contribution in [0, 0.1) is 0 Å². The molecule has 0 aliphatic carbocycles. The number of hydrazone groups is 1. The molecule has 4 heteroatoms. The number of nitrogens with zero attached hydrogens (tertiary/aromatic N) is 2. The summed E-state index contributed by atoms with van der Waals surface area (Å²) in [5, 5.41) is 6.52. The second-order valence-corrected chi connectivity index (χ2v) is 5.48. The van der Waals surface area contributed by atoms with Gasteiger partial charge in [0.1, 0.15) is 5.71 Å². The van der Waals surface area contributed by atoms with Crippen LogP contribution >= 0.6 is 0 Å². The lowest BCUT2D eigenvalue weighted by Gasteiger charge is -2.24. The van der Waals surface area contributed by atoms with Crippen molar-refractivity contribution in [2.45, 2.75) is 25.9 Å². The Labute approximate surface area is 136 Å². The third-order valence-electron chi connectivity index (χ3n) is 3.88. The molecule has 4 nitrogen and oxygen atoms in total. The first-order chi connectivity index (χ1) is 11.3. The molecule has 0 saturated heterocycles. The van der Waals surface area contributed by atoms with Crippen LogP contribution in [-0.2, 0) is 16.1 Å². The lowest BCUT2D eigenvalue weighted by molar-refractivity contribution is -0.135. The highest BCUT2D eigenvalue weighted by molar-refractivity contribution is 6.36. The molecule has 0 bridgehead atoms. The van der Waals surface area contributed by atoms with E-state index in [1.54, 1.807) is 0 Å². The number of hydrogen-bond acceptors (Lipinski definition) is 4. The first-order valence-electron chi connectivity index (χ1n) is 7.88. The maximum Gasteiger partial charge on any atom is 0.354 e. The summed E-state index contributed by atoms with van der Waals surface area (Å²) in [7, 11) is 0. The highest BCUT2D eigenvalue weighted by Crippen LogP contribution is 2.32. The van der Waals surface area contributed by atoms with Gasteiger partial charge >= 0.3 is 5.97 Å². The molecule has 0 radical (unpaired) electrons. The van der Waals surface area contributed by atoms with E-state index in [4.69, 9.17) is 4.74 Å². The van der Waals surface area contributed by atoms with Crippen molar-refractivity contribution in [3.05, 3.63) is 71.8 Å². The van der Waals surface area contributed by atoms with Crippen molar-refractivity contribution in [2.24, 2.45) is 5.10 Å². The number of rotatable bonds is 5. The van der Waals surface area contributed by atoms with Crippen molar-refractivity contribution in [3.8, 4) is 0 Å². The molecular weight excluding hydrogens is 288 g/mol. The van der Waals surface area contributed by atoms with Crippen LogP contribution in [0.3, 0.4) is 0 Å². The van der Waals surface area contributed by atoms with Gasteiger partial charge < -0.3 is 4.74 Å². The molecule has 0 aromatic heterocycles. The fourth-order valence-corrected chi connectivity index (χ4v) is 2.77. The molecule has 118 valence electrons. The molecule has 2 aromatic carbocycles. The zero-order valence-electron chi connectivity index (χ0n) is 13.2. The summed E-state index contributed by atoms with van der Waals surface area (Å²) in [6, 6.07) is 20.4. The van der Waals surface area contributed by atoms with Gasteiger partial charge in [0.15, 0.2) is 0 Å². The van der Waals surface area contributed by atoms with E-state index in [-0.39, 0.29) is 12.0 Å². The second-order valence-electron chi connectivity index (χ2n) is 5.48. The molecule has 3 rings (SSSR count). The fraction of sp³-hybridized carbons (Fsp3) is 0.263. The first-order valence-corrected chi connectivity index (χ1v) is 7.88. The molecule has 0 saturated carbocycles. The van der Waals surface area contributed by atoms with Crippen molar-refractivity contribution in [3.63, 3.8) is 0 Å². The summed E-state index contributed by atoms with van der Waals surface area (Å²) in [5.41, 5.74) is 2.82. The summed E-state index contributed by atoms with van der Waals surface area (Å²) in [4.78, 5) is 12.0. The predicted molar refractivity (Wildman–Crippen MR) is 89.9 cm³/mol. The number of ether oxygens (including phenoxy) is 1. The van der Waals surface area contributed by atoms with Gasteiger partial charge in [-0.2, -0.15) is 5.10 Å². The van der Waals surface area contributed by atoms with Gasteiger partial charge in [-0.25, -0.2) is 4.79 Å². The minimum absolute atomic E-state index is 0.0656. The molecule has 1 heterocycles. The lowest BCUT2D eigenvalue weighted by Crippen LogP contribution is -2.19. The predicted octanol–water partition coefficient (Wildman–Crippen LogP) is 3.55. The van der Waals surface area contributed by atoms with Gasteiger partial charge in [-0.1, -0.05) is 60.7 Å². The zero-order valence-corrected chi connectivity index (χ0v) is 13.2. The van der Waals surface area contributed by atoms with Crippen LogP contribution in [0.4, 0.5) is 0 Å². The molecule has 2 aromatic rings. The molecule has 1 aliphatic heterocycles. The Morgan fingerprint density at radius 2 is 1.78 bits per heavy atom. The normalized spacial score (nSPS) is 17.0. The Bertz CT molecular complexity index is 683. The average molecular weight is 308 g/mol. The van der Waals surface area contributed by atoms with Crippen molar-refractivity contribution in [2.75, 3.05) is 6.61 Å². The van der Waals surface area contributed by atoms with E-state index in [1.165, 1.54) is 5.56 Å². The molecule has 1 atom stereocenters. The standard InChI is InChI=1S/C19H20N2O2/c1-2-23-19(22)17-13-18(16-11-7-4-8-12-16)21(20-17)14-15-9-5-3-6-10-15/h3-12,18H,2,13-14H2,1H3. The van der Waals surface area contributed by atoms with E-state index in [9.17, 15) is 4.79 Å². The molecule has 0 spiro atoms. The van der Waals surface area contributed by atoms with Crippen molar-refractivity contribution >= 4 is 11.7 Å². The van der Waals surface area contributed by atoms with Gasteiger partial charge in [-0.15, -0.1) is 0 Å².